The van der Waals surface area contributed by atoms with Crippen LogP contribution in [0.2, 0.25) is 0 Å². The van der Waals surface area contributed by atoms with Gasteiger partial charge in [0.15, 0.2) is 5.58 Å². The molecular formula is C16H20N2O3. The molecule has 3 rings (SSSR count). The van der Waals surface area contributed by atoms with Crippen molar-refractivity contribution in [2.75, 3.05) is 13.1 Å². The van der Waals surface area contributed by atoms with E-state index >= 15 is 0 Å². The average molecular weight is 288 g/mol. The minimum atomic E-state index is -0.470. The Labute approximate surface area is 123 Å². The third-order valence-corrected chi connectivity index (χ3v) is 4.09. The average Bonchev–Trinajstić information content (AvgIpc) is 2.74. The molecule has 0 bridgehead atoms. The Hall–Kier alpha value is -2.04. The number of aromatic nitrogens is 1. The van der Waals surface area contributed by atoms with Gasteiger partial charge < -0.3 is 9.32 Å². The number of rotatable bonds is 2. The van der Waals surface area contributed by atoms with E-state index in [1.165, 1.54) is 4.57 Å². The summed E-state index contributed by atoms with van der Waals surface area (Å²) >= 11 is 0. The molecule has 21 heavy (non-hydrogen) atoms. The molecule has 0 spiro atoms. The van der Waals surface area contributed by atoms with Crippen LogP contribution < -0.4 is 5.76 Å². The number of para-hydroxylation sites is 2. The molecule has 5 heteroatoms. The maximum atomic E-state index is 12.5. The van der Waals surface area contributed by atoms with E-state index in [1.807, 2.05) is 17.0 Å². The van der Waals surface area contributed by atoms with Gasteiger partial charge in [-0.1, -0.05) is 26.0 Å². The Bertz CT molecular complexity index is 706. The van der Waals surface area contributed by atoms with Gasteiger partial charge in [-0.05, 0) is 30.4 Å². The fourth-order valence-electron chi connectivity index (χ4n) is 3.27. The molecule has 1 aliphatic heterocycles. The molecule has 1 aliphatic rings. The van der Waals surface area contributed by atoms with E-state index in [4.69, 9.17) is 4.42 Å². The molecule has 112 valence electrons. The Morgan fingerprint density at radius 2 is 1.90 bits per heavy atom. The van der Waals surface area contributed by atoms with Gasteiger partial charge in [0.2, 0.25) is 5.91 Å². The normalized spacial score (nSPS) is 22.7. The monoisotopic (exact) mass is 288 g/mol. The molecule has 2 heterocycles. The first-order chi connectivity index (χ1) is 10.0. The van der Waals surface area contributed by atoms with Crippen molar-refractivity contribution >= 4 is 17.0 Å². The highest BCUT2D eigenvalue weighted by molar-refractivity contribution is 5.79. The van der Waals surface area contributed by atoms with Crippen LogP contribution in [0.5, 0.6) is 0 Å². The first-order valence-corrected chi connectivity index (χ1v) is 7.40. The van der Waals surface area contributed by atoms with Gasteiger partial charge >= 0.3 is 5.76 Å². The minimum absolute atomic E-state index is 0.0120. The van der Waals surface area contributed by atoms with Crippen molar-refractivity contribution in [1.29, 1.82) is 0 Å². The van der Waals surface area contributed by atoms with Crippen molar-refractivity contribution in [2.24, 2.45) is 11.8 Å². The van der Waals surface area contributed by atoms with Gasteiger partial charge in [-0.3, -0.25) is 9.36 Å². The predicted octanol–water partition coefficient (Wildman–Crippen LogP) is 2.10. The first kappa shape index (κ1) is 13.9. The van der Waals surface area contributed by atoms with E-state index in [1.54, 1.807) is 12.1 Å². The van der Waals surface area contributed by atoms with E-state index in [2.05, 4.69) is 13.8 Å². The van der Waals surface area contributed by atoms with Gasteiger partial charge in [-0.2, -0.15) is 0 Å². The molecule has 0 unspecified atom stereocenters. The number of hydrogen-bond acceptors (Lipinski definition) is 3. The summed E-state index contributed by atoms with van der Waals surface area (Å²) in [7, 11) is 0. The number of benzene rings is 1. The molecule has 1 amide bonds. The number of carbonyl (C=O) groups is 1. The van der Waals surface area contributed by atoms with Crippen LogP contribution in [-0.4, -0.2) is 28.5 Å². The zero-order valence-corrected chi connectivity index (χ0v) is 12.4. The molecule has 0 radical (unpaired) electrons. The Kier molecular flexibility index (Phi) is 3.57. The highest BCUT2D eigenvalue weighted by Crippen LogP contribution is 2.21. The number of carbonyl (C=O) groups excluding carboxylic acids is 1. The molecule has 0 aliphatic carbocycles. The van der Waals surface area contributed by atoms with Crippen LogP contribution in [0.15, 0.2) is 33.5 Å². The fraction of sp³-hybridized carbons (Fsp3) is 0.500. The molecule has 1 aromatic carbocycles. The van der Waals surface area contributed by atoms with Crippen LogP contribution in [0.3, 0.4) is 0 Å². The van der Waals surface area contributed by atoms with Crippen molar-refractivity contribution in [2.45, 2.75) is 26.8 Å². The molecule has 0 N–H and O–H groups in total. The largest absolute Gasteiger partial charge is 0.420 e. The van der Waals surface area contributed by atoms with Crippen LogP contribution in [0.25, 0.3) is 11.1 Å². The topological polar surface area (TPSA) is 55.5 Å². The lowest BCUT2D eigenvalue weighted by Crippen LogP contribution is -2.44. The lowest BCUT2D eigenvalue weighted by Gasteiger charge is -2.35. The Morgan fingerprint density at radius 1 is 1.24 bits per heavy atom. The standard InChI is InChI=1S/C16H20N2O3/c1-11-7-12(2)9-17(8-11)15(19)10-18-13-5-3-4-6-14(13)21-16(18)20/h3-6,11-12H,7-10H2,1-2H3/t11-,12+. The van der Waals surface area contributed by atoms with E-state index in [9.17, 15) is 9.59 Å². The van der Waals surface area contributed by atoms with Gasteiger partial charge in [-0.25, -0.2) is 4.79 Å². The number of amides is 1. The zero-order valence-electron chi connectivity index (χ0n) is 12.4. The SMILES string of the molecule is C[C@@H]1C[C@H](C)CN(C(=O)Cn2c(=O)oc3ccccc32)C1. The quantitative estimate of drug-likeness (QED) is 0.850. The third-order valence-electron chi connectivity index (χ3n) is 4.09. The van der Waals surface area contributed by atoms with E-state index < -0.39 is 5.76 Å². The molecule has 5 nitrogen and oxygen atoms in total. The molecule has 1 aromatic heterocycles. The van der Waals surface area contributed by atoms with Crippen molar-refractivity contribution in [1.82, 2.24) is 9.47 Å². The molecule has 2 aromatic rings. The van der Waals surface area contributed by atoms with Crippen LogP contribution in [0, 0.1) is 11.8 Å². The van der Waals surface area contributed by atoms with E-state index in [0.29, 0.717) is 22.9 Å². The highest BCUT2D eigenvalue weighted by Gasteiger charge is 2.26. The smallest absolute Gasteiger partial charge is 0.408 e. The number of nitrogens with zero attached hydrogens (tertiary/aromatic N) is 2. The predicted molar refractivity (Wildman–Crippen MR) is 80.0 cm³/mol. The van der Waals surface area contributed by atoms with Gasteiger partial charge in [0.05, 0.1) is 5.52 Å². The Balaban J connectivity index is 1.83. The van der Waals surface area contributed by atoms with Gasteiger partial charge in [0.1, 0.15) is 6.54 Å². The van der Waals surface area contributed by atoms with E-state index in [0.717, 1.165) is 19.5 Å². The second-order valence-electron chi connectivity index (χ2n) is 6.17. The maximum Gasteiger partial charge on any atom is 0.420 e. The van der Waals surface area contributed by atoms with Crippen molar-refractivity contribution in [3.8, 4) is 0 Å². The van der Waals surface area contributed by atoms with Crippen LogP contribution in [0.1, 0.15) is 20.3 Å². The molecule has 0 saturated carbocycles. The van der Waals surface area contributed by atoms with Crippen molar-refractivity contribution < 1.29 is 9.21 Å². The summed E-state index contributed by atoms with van der Waals surface area (Å²) in [6.45, 7) is 5.92. The van der Waals surface area contributed by atoms with Crippen LogP contribution in [0.4, 0.5) is 0 Å². The van der Waals surface area contributed by atoms with Gasteiger partial charge in [0, 0.05) is 13.1 Å². The summed E-state index contributed by atoms with van der Waals surface area (Å²) in [5.74, 6) is 0.538. The third kappa shape index (κ3) is 2.73. The number of oxazole rings is 1. The summed E-state index contributed by atoms with van der Waals surface area (Å²) in [5, 5.41) is 0. The lowest BCUT2D eigenvalue weighted by molar-refractivity contribution is -0.134. The number of piperidine rings is 1. The first-order valence-electron chi connectivity index (χ1n) is 7.40. The van der Waals surface area contributed by atoms with Gasteiger partial charge in [-0.15, -0.1) is 0 Å². The summed E-state index contributed by atoms with van der Waals surface area (Å²) in [6, 6.07) is 7.19. The maximum absolute atomic E-state index is 12.5. The lowest BCUT2D eigenvalue weighted by atomic mass is 9.92. The minimum Gasteiger partial charge on any atom is -0.408 e. The van der Waals surface area contributed by atoms with Crippen LogP contribution >= 0.6 is 0 Å². The summed E-state index contributed by atoms with van der Waals surface area (Å²) in [6.07, 6.45) is 1.15. The van der Waals surface area contributed by atoms with Crippen LogP contribution in [-0.2, 0) is 11.3 Å². The summed E-state index contributed by atoms with van der Waals surface area (Å²) in [5.41, 5.74) is 1.20. The van der Waals surface area contributed by atoms with Crippen molar-refractivity contribution in [3.63, 3.8) is 0 Å². The number of likely N-dealkylation sites (tertiary alicyclic amines) is 1. The molecule has 1 saturated heterocycles. The Morgan fingerprint density at radius 3 is 2.62 bits per heavy atom. The fourth-order valence-corrected chi connectivity index (χ4v) is 3.27. The van der Waals surface area contributed by atoms with Crippen molar-refractivity contribution in [3.05, 3.63) is 34.8 Å². The summed E-state index contributed by atoms with van der Waals surface area (Å²) in [4.78, 5) is 26.3. The highest BCUT2D eigenvalue weighted by atomic mass is 16.4. The molecular weight excluding hydrogens is 268 g/mol. The number of hydrogen-bond donors (Lipinski definition) is 0. The summed E-state index contributed by atoms with van der Waals surface area (Å²) < 4.78 is 6.58. The second kappa shape index (κ2) is 5.39. The number of fused-ring (bicyclic) bond motifs is 1. The van der Waals surface area contributed by atoms with E-state index in [-0.39, 0.29) is 12.5 Å². The second-order valence-corrected chi connectivity index (χ2v) is 6.17. The molecule has 1 fully saturated rings. The zero-order chi connectivity index (χ0) is 15.0. The van der Waals surface area contributed by atoms with Gasteiger partial charge in [0.25, 0.3) is 0 Å². The molecule has 2 atom stereocenters.